The fraction of sp³-hybridized carbons (Fsp3) is 0.895. The molecule has 4 saturated carbocycles. The van der Waals surface area contributed by atoms with Crippen molar-refractivity contribution in [3.05, 3.63) is 0 Å². The Morgan fingerprint density at radius 2 is 1.36 bits per heavy atom. The number of carbonyl (C=O) groups excluding carboxylic acids is 2. The lowest BCUT2D eigenvalue weighted by Crippen LogP contribution is -2.53. The van der Waals surface area contributed by atoms with E-state index in [1.165, 1.54) is 26.2 Å². The molecule has 0 unspecified atom stereocenters. The van der Waals surface area contributed by atoms with Crippen LogP contribution >= 0.6 is 0 Å². The summed E-state index contributed by atoms with van der Waals surface area (Å²) in [6, 6.07) is 0. The molecule has 0 aromatic carbocycles. The van der Waals surface area contributed by atoms with Crippen LogP contribution in [0.3, 0.4) is 0 Å². The zero-order chi connectivity index (χ0) is 18.6. The van der Waals surface area contributed by atoms with Crippen LogP contribution in [0.5, 0.6) is 0 Å². The molecule has 4 aliphatic rings. The summed E-state index contributed by atoms with van der Waals surface area (Å²) in [6.45, 7) is 6.04. The van der Waals surface area contributed by atoms with Crippen LogP contribution in [-0.2, 0) is 24.2 Å². The van der Waals surface area contributed by atoms with Crippen LogP contribution in [0.15, 0.2) is 0 Å². The number of ketones is 1. The van der Waals surface area contributed by atoms with Crippen molar-refractivity contribution in [3.63, 3.8) is 0 Å². The largest absolute Gasteiger partial charge is 0.454 e. The normalized spacial score (nSPS) is 36.3. The first-order valence-corrected chi connectivity index (χ1v) is 11.1. The van der Waals surface area contributed by atoms with Crippen molar-refractivity contribution in [1.82, 2.24) is 0 Å². The highest BCUT2D eigenvalue weighted by molar-refractivity contribution is 7.93. The molecule has 142 valence electrons. The van der Waals surface area contributed by atoms with Gasteiger partial charge in [-0.1, -0.05) is 0 Å². The Bertz CT molecular complexity index is 628. The lowest BCUT2D eigenvalue weighted by Gasteiger charge is -2.56. The fourth-order valence-electron chi connectivity index (χ4n) is 5.71. The Labute approximate surface area is 150 Å². The number of ether oxygens (including phenoxy) is 1. The van der Waals surface area contributed by atoms with Gasteiger partial charge in [-0.25, -0.2) is 8.42 Å². The SMILES string of the molecule is CC(C)S(=O)(=O)[C@H](C)C(=O)O[C@H](C)C(=O)C12CC3CC(CC(C3)C1)C2. The summed E-state index contributed by atoms with van der Waals surface area (Å²) in [5.74, 6) is 1.11. The lowest BCUT2D eigenvalue weighted by molar-refractivity contribution is -0.164. The van der Waals surface area contributed by atoms with Gasteiger partial charge in [-0.05, 0) is 84.0 Å². The molecule has 4 fully saturated rings. The van der Waals surface area contributed by atoms with Crippen molar-refractivity contribution >= 4 is 21.6 Å². The van der Waals surface area contributed by atoms with Crippen molar-refractivity contribution in [2.45, 2.75) is 82.8 Å². The third kappa shape index (κ3) is 3.26. The summed E-state index contributed by atoms with van der Waals surface area (Å²) in [4.78, 5) is 25.4. The molecule has 6 heteroatoms. The van der Waals surface area contributed by atoms with Crippen LogP contribution in [0.1, 0.15) is 66.2 Å². The van der Waals surface area contributed by atoms with Gasteiger partial charge in [0, 0.05) is 5.41 Å². The first kappa shape index (κ1) is 18.9. The zero-order valence-corrected chi connectivity index (χ0v) is 16.5. The van der Waals surface area contributed by atoms with Gasteiger partial charge in [-0.2, -0.15) is 0 Å². The number of rotatable bonds is 6. The number of esters is 1. The van der Waals surface area contributed by atoms with Crippen molar-refractivity contribution < 1.29 is 22.7 Å². The second-order valence-electron chi connectivity index (χ2n) is 8.92. The highest BCUT2D eigenvalue weighted by Crippen LogP contribution is 2.60. The van der Waals surface area contributed by atoms with Gasteiger partial charge in [0.25, 0.3) is 0 Å². The molecule has 4 aliphatic carbocycles. The smallest absolute Gasteiger partial charge is 0.324 e. The molecule has 4 bridgehead atoms. The summed E-state index contributed by atoms with van der Waals surface area (Å²) in [5.41, 5.74) is -0.339. The standard InChI is InChI=1S/C19H30O5S/c1-11(2)25(22,23)13(4)18(21)24-12(3)17(20)19-8-14-5-15(9-19)7-16(6-14)10-19/h11-16H,5-10H2,1-4H3/t12-,13-,14?,15?,16?,19?/m1/s1. The van der Waals surface area contributed by atoms with E-state index in [0.717, 1.165) is 19.3 Å². The van der Waals surface area contributed by atoms with Crippen LogP contribution in [0.25, 0.3) is 0 Å². The van der Waals surface area contributed by atoms with Gasteiger partial charge < -0.3 is 4.74 Å². The Balaban J connectivity index is 1.68. The van der Waals surface area contributed by atoms with Gasteiger partial charge >= 0.3 is 5.97 Å². The van der Waals surface area contributed by atoms with Crippen LogP contribution in [0.2, 0.25) is 0 Å². The number of carbonyl (C=O) groups is 2. The van der Waals surface area contributed by atoms with Crippen LogP contribution in [0.4, 0.5) is 0 Å². The van der Waals surface area contributed by atoms with Crippen LogP contribution < -0.4 is 0 Å². The maximum Gasteiger partial charge on any atom is 0.324 e. The number of sulfone groups is 1. The first-order chi connectivity index (χ1) is 11.5. The van der Waals surface area contributed by atoms with Crippen LogP contribution in [-0.4, -0.2) is 36.8 Å². The van der Waals surface area contributed by atoms with Gasteiger partial charge in [0.15, 0.2) is 27.0 Å². The van der Waals surface area contributed by atoms with Crippen molar-refractivity contribution in [2.24, 2.45) is 23.2 Å². The van der Waals surface area contributed by atoms with E-state index in [9.17, 15) is 18.0 Å². The van der Waals surface area contributed by atoms with E-state index >= 15 is 0 Å². The van der Waals surface area contributed by atoms with Gasteiger partial charge in [0.1, 0.15) is 0 Å². The second-order valence-corrected chi connectivity index (χ2v) is 11.7. The molecule has 5 nitrogen and oxygen atoms in total. The van der Waals surface area contributed by atoms with E-state index in [1.54, 1.807) is 20.8 Å². The van der Waals surface area contributed by atoms with Crippen molar-refractivity contribution in [2.75, 3.05) is 0 Å². The minimum atomic E-state index is -3.58. The highest BCUT2D eigenvalue weighted by Gasteiger charge is 2.55. The minimum absolute atomic E-state index is 0.00842. The quantitative estimate of drug-likeness (QED) is 0.672. The molecule has 0 aromatic heterocycles. The Morgan fingerprint density at radius 3 is 1.76 bits per heavy atom. The molecule has 0 aliphatic heterocycles. The third-order valence-corrected chi connectivity index (χ3v) is 9.20. The second kappa shape index (κ2) is 6.36. The Kier molecular flexibility index (Phi) is 4.80. The maximum absolute atomic E-state index is 13.1. The molecule has 0 heterocycles. The predicted molar refractivity (Wildman–Crippen MR) is 94.7 cm³/mol. The van der Waals surface area contributed by atoms with Crippen LogP contribution in [0, 0.1) is 23.2 Å². The van der Waals surface area contributed by atoms with Crippen molar-refractivity contribution in [3.8, 4) is 0 Å². The maximum atomic E-state index is 13.1. The fourth-order valence-corrected chi connectivity index (χ4v) is 6.85. The molecule has 4 rings (SSSR count). The van der Waals surface area contributed by atoms with Gasteiger partial charge in [0.05, 0.1) is 5.25 Å². The summed E-state index contributed by atoms with van der Waals surface area (Å²) in [6.07, 6.45) is 5.60. The Hall–Kier alpha value is -0.910. The van der Waals surface area contributed by atoms with E-state index < -0.39 is 32.4 Å². The van der Waals surface area contributed by atoms with E-state index in [2.05, 4.69) is 0 Å². The molecule has 0 radical (unpaired) electrons. The molecule has 0 saturated heterocycles. The summed E-state index contributed by atoms with van der Waals surface area (Å²) in [5, 5.41) is -1.89. The average molecular weight is 371 g/mol. The predicted octanol–water partition coefficient (Wildman–Crippen LogP) is 2.92. The summed E-state index contributed by atoms with van der Waals surface area (Å²) >= 11 is 0. The number of hydrogen-bond acceptors (Lipinski definition) is 5. The van der Waals surface area contributed by atoms with E-state index in [0.29, 0.717) is 17.8 Å². The minimum Gasteiger partial charge on any atom is -0.454 e. The molecule has 0 amide bonds. The van der Waals surface area contributed by atoms with E-state index in [1.807, 2.05) is 0 Å². The monoisotopic (exact) mass is 370 g/mol. The molecule has 0 aromatic rings. The topological polar surface area (TPSA) is 77.5 Å². The van der Waals surface area contributed by atoms with E-state index in [4.69, 9.17) is 4.74 Å². The number of hydrogen-bond donors (Lipinski definition) is 0. The molecular weight excluding hydrogens is 340 g/mol. The Morgan fingerprint density at radius 1 is 0.920 bits per heavy atom. The molecule has 0 N–H and O–H groups in total. The van der Waals surface area contributed by atoms with Gasteiger partial charge in [-0.3, -0.25) is 9.59 Å². The zero-order valence-electron chi connectivity index (χ0n) is 15.7. The van der Waals surface area contributed by atoms with E-state index in [-0.39, 0.29) is 11.2 Å². The molecule has 2 atom stereocenters. The third-order valence-electron chi connectivity index (χ3n) is 6.70. The van der Waals surface area contributed by atoms with Gasteiger partial charge in [0.2, 0.25) is 0 Å². The molecule has 0 spiro atoms. The summed E-state index contributed by atoms with van der Waals surface area (Å²) in [7, 11) is -3.58. The summed E-state index contributed by atoms with van der Waals surface area (Å²) < 4.78 is 29.7. The first-order valence-electron chi connectivity index (χ1n) is 9.52. The lowest BCUT2D eigenvalue weighted by atomic mass is 9.48. The van der Waals surface area contributed by atoms with Crippen molar-refractivity contribution in [1.29, 1.82) is 0 Å². The average Bonchev–Trinajstić information content (AvgIpc) is 2.51. The van der Waals surface area contributed by atoms with Gasteiger partial charge in [-0.15, -0.1) is 0 Å². The highest BCUT2D eigenvalue weighted by atomic mass is 32.2. The molecule has 25 heavy (non-hydrogen) atoms. The molecular formula is C19H30O5S. The number of Topliss-reactive ketones (excluding diaryl/α,β-unsaturated/α-hetero) is 1.